The molecule has 0 aliphatic heterocycles. The molecule has 0 saturated heterocycles. The molecular formula is C22H21N3O4. The monoisotopic (exact) mass is 391 g/mol. The summed E-state index contributed by atoms with van der Waals surface area (Å²) in [4.78, 5) is 28.8. The number of nitrogens with one attached hydrogen (secondary N) is 1. The summed E-state index contributed by atoms with van der Waals surface area (Å²) in [6, 6.07) is 15.0. The summed E-state index contributed by atoms with van der Waals surface area (Å²) in [5.74, 6) is 1.42. The molecule has 4 rings (SSSR count). The van der Waals surface area contributed by atoms with Gasteiger partial charge in [0.2, 0.25) is 0 Å². The van der Waals surface area contributed by atoms with Crippen LogP contribution in [0.15, 0.2) is 58.1 Å². The van der Waals surface area contributed by atoms with Gasteiger partial charge in [-0.2, -0.15) is 0 Å². The van der Waals surface area contributed by atoms with Gasteiger partial charge in [-0.15, -0.1) is 0 Å². The van der Waals surface area contributed by atoms with Crippen molar-refractivity contribution >= 4 is 11.0 Å². The van der Waals surface area contributed by atoms with Crippen molar-refractivity contribution in [2.45, 2.75) is 0 Å². The Kier molecular flexibility index (Phi) is 4.50. The molecule has 0 aliphatic rings. The van der Waals surface area contributed by atoms with Gasteiger partial charge in [-0.3, -0.25) is 13.9 Å². The average Bonchev–Trinajstić information content (AvgIpc) is 3.17. The van der Waals surface area contributed by atoms with Crippen molar-refractivity contribution in [3.63, 3.8) is 0 Å². The lowest BCUT2D eigenvalue weighted by atomic mass is 9.99. The highest BCUT2D eigenvalue weighted by Crippen LogP contribution is 2.37. The Balaban J connectivity index is 2.14. The number of hydrogen-bond acceptors (Lipinski definition) is 4. The van der Waals surface area contributed by atoms with Gasteiger partial charge in [0, 0.05) is 25.2 Å². The average molecular weight is 391 g/mol. The van der Waals surface area contributed by atoms with Gasteiger partial charge in [-0.1, -0.05) is 24.3 Å². The minimum atomic E-state index is -0.387. The SMILES string of the molecule is COc1ccc(-c2c(-c3cccc(OC)c3)[nH]c3c2c(=O)n(C)c(=O)n3C)cc1. The van der Waals surface area contributed by atoms with Gasteiger partial charge in [-0.05, 0) is 29.8 Å². The number of fused-ring (bicyclic) bond motifs is 1. The standard InChI is InChI=1S/C22H21N3O4/c1-24-20-18(21(26)25(2)22(24)27)17(13-8-10-15(28-3)11-9-13)19(23-20)14-6-5-7-16(12-14)29-4/h5-12,23H,1-4H3. The smallest absolute Gasteiger partial charge is 0.332 e. The third-order valence-corrected chi connectivity index (χ3v) is 5.15. The van der Waals surface area contributed by atoms with E-state index in [-0.39, 0.29) is 11.2 Å². The van der Waals surface area contributed by atoms with Crippen LogP contribution in [0.5, 0.6) is 11.5 Å². The minimum Gasteiger partial charge on any atom is -0.497 e. The number of aromatic amines is 1. The Labute approximate surface area is 166 Å². The fraction of sp³-hybridized carbons (Fsp3) is 0.182. The predicted octanol–water partition coefficient (Wildman–Crippen LogP) is 2.92. The molecule has 0 bridgehead atoms. The number of aryl methyl sites for hydroxylation is 1. The lowest BCUT2D eigenvalue weighted by Gasteiger charge is -2.08. The Morgan fingerprint density at radius 1 is 0.828 bits per heavy atom. The summed E-state index contributed by atoms with van der Waals surface area (Å²) in [5.41, 5.74) is 2.89. The van der Waals surface area contributed by atoms with E-state index < -0.39 is 0 Å². The second-order valence-corrected chi connectivity index (χ2v) is 6.76. The van der Waals surface area contributed by atoms with E-state index in [1.165, 1.54) is 11.6 Å². The van der Waals surface area contributed by atoms with Gasteiger partial charge in [0.1, 0.15) is 17.1 Å². The first-order valence-corrected chi connectivity index (χ1v) is 9.06. The molecule has 29 heavy (non-hydrogen) atoms. The molecular weight excluding hydrogens is 370 g/mol. The van der Waals surface area contributed by atoms with Crippen LogP contribution in [-0.2, 0) is 14.1 Å². The third-order valence-electron chi connectivity index (χ3n) is 5.15. The molecule has 0 fully saturated rings. The zero-order valence-corrected chi connectivity index (χ0v) is 16.6. The van der Waals surface area contributed by atoms with Crippen molar-refractivity contribution in [1.82, 2.24) is 14.1 Å². The van der Waals surface area contributed by atoms with Crippen molar-refractivity contribution in [1.29, 1.82) is 0 Å². The van der Waals surface area contributed by atoms with Crippen LogP contribution < -0.4 is 20.7 Å². The van der Waals surface area contributed by atoms with Crippen LogP contribution in [0.1, 0.15) is 0 Å². The number of nitrogens with zero attached hydrogens (tertiary/aromatic N) is 2. The molecule has 0 unspecified atom stereocenters. The highest BCUT2D eigenvalue weighted by atomic mass is 16.5. The molecule has 1 N–H and O–H groups in total. The summed E-state index contributed by atoms with van der Waals surface area (Å²) in [6.45, 7) is 0. The molecule has 0 atom stereocenters. The summed E-state index contributed by atoms with van der Waals surface area (Å²) in [6.07, 6.45) is 0. The van der Waals surface area contributed by atoms with Gasteiger partial charge < -0.3 is 14.5 Å². The highest BCUT2D eigenvalue weighted by Gasteiger charge is 2.21. The maximum Gasteiger partial charge on any atom is 0.332 e. The predicted molar refractivity (Wildman–Crippen MR) is 113 cm³/mol. The topological polar surface area (TPSA) is 78.2 Å². The van der Waals surface area contributed by atoms with E-state index in [2.05, 4.69) is 4.98 Å². The Bertz CT molecular complexity index is 1330. The second kappa shape index (κ2) is 7.01. The van der Waals surface area contributed by atoms with E-state index in [1.807, 2.05) is 48.5 Å². The van der Waals surface area contributed by atoms with E-state index in [9.17, 15) is 9.59 Å². The molecule has 0 radical (unpaired) electrons. The van der Waals surface area contributed by atoms with Crippen molar-refractivity contribution < 1.29 is 9.47 Å². The number of rotatable bonds is 4. The van der Waals surface area contributed by atoms with E-state index in [0.29, 0.717) is 16.8 Å². The maximum atomic E-state index is 13.1. The second-order valence-electron chi connectivity index (χ2n) is 6.76. The summed E-state index contributed by atoms with van der Waals surface area (Å²) in [5, 5.41) is 0.456. The van der Waals surface area contributed by atoms with Crippen LogP contribution in [0.3, 0.4) is 0 Å². The summed E-state index contributed by atoms with van der Waals surface area (Å²) >= 11 is 0. The number of aromatic nitrogens is 3. The molecule has 4 aromatic rings. The van der Waals surface area contributed by atoms with Crippen LogP contribution in [0.2, 0.25) is 0 Å². The van der Waals surface area contributed by atoms with E-state index >= 15 is 0 Å². The first-order valence-electron chi connectivity index (χ1n) is 9.06. The number of hydrogen-bond donors (Lipinski definition) is 1. The van der Waals surface area contributed by atoms with Gasteiger partial charge in [-0.25, -0.2) is 4.79 Å². The van der Waals surface area contributed by atoms with Crippen LogP contribution in [0.4, 0.5) is 0 Å². The lowest BCUT2D eigenvalue weighted by molar-refractivity contribution is 0.415. The molecule has 0 spiro atoms. The zero-order chi connectivity index (χ0) is 20.7. The quantitative estimate of drug-likeness (QED) is 0.580. The molecule has 7 nitrogen and oxygen atoms in total. The van der Waals surface area contributed by atoms with Crippen molar-refractivity contribution in [3.8, 4) is 33.9 Å². The van der Waals surface area contributed by atoms with Gasteiger partial charge in [0.15, 0.2) is 0 Å². The number of H-pyrrole nitrogens is 1. The van der Waals surface area contributed by atoms with E-state index in [4.69, 9.17) is 9.47 Å². The third kappa shape index (κ3) is 2.91. The molecule has 148 valence electrons. The van der Waals surface area contributed by atoms with E-state index in [0.717, 1.165) is 32.7 Å². The van der Waals surface area contributed by atoms with E-state index in [1.54, 1.807) is 21.3 Å². The molecule has 2 heterocycles. The number of ether oxygens (including phenoxy) is 2. The van der Waals surface area contributed by atoms with Crippen molar-refractivity contribution in [2.24, 2.45) is 14.1 Å². The largest absolute Gasteiger partial charge is 0.497 e. The molecule has 0 aliphatic carbocycles. The first-order chi connectivity index (χ1) is 14.0. The molecule has 2 aromatic carbocycles. The zero-order valence-electron chi connectivity index (χ0n) is 16.6. The van der Waals surface area contributed by atoms with Crippen LogP contribution in [0.25, 0.3) is 33.4 Å². The lowest BCUT2D eigenvalue weighted by Crippen LogP contribution is -2.36. The van der Waals surface area contributed by atoms with Gasteiger partial charge in [0.25, 0.3) is 5.56 Å². The van der Waals surface area contributed by atoms with Crippen LogP contribution in [-0.4, -0.2) is 28.3 Å². The first kappa shape index (κ1) is 18.6. The van der Waals surface area contributed by atoms with Crippen LogP contribution >= 0.6 is 0 Å². The number of benzene rings is 2. The number of methoxy groups -OCH3 is 2. The van der Waals surface area contributed by atoms with Gasteiger partial charge in [0.05, 0.1) is 25.3 Å². The minimum absolute atomic E-state index is 0.348. The molecule has 2 aromatic heterocycles. The molecule has 7 heteroatoms. The summed E-state index contributed by atoms with van der Waals surface area (Å²) < 4.78 is 13.2. The highest BCUT2D eigenvalue weighted by molar-refractivity contribution is 6.02. The summed E-state index contributed by atoms with van der Waals surface area (Å²) in [7, 11) is 6.34. The molecule has 0 amide bonds. The van der Waals surface area contributed by atoms with Crippen molar-refractivity contribution in [2.75, 3.05) is 14.2 Å². The Morgan fingerprint density at radius 3 is 2.17 bits per heavy atom. The Hall–Kier alpha value is -3.74. The normalized spacial score (nSPS) is 11.0. The maximum absolute atomic E-state index is 13.1. The molecule has 0 saturated carbocycles. The van der Waals surface area contributed by atoms with Gasteiger partial charge >= 0.3 is 5.69 Å². The van der Waals surface area contributed by atoms with Crippen LogP contribution in [0, 0.1) is 0 Å². The fourth-order valence-electron chi connectivity index (χ4n) is 3.56. The fourth-order valence-corrected chi connectivity index (χ4v) is 3.56. The Morgan fingerprint density at radius 2 is 1.52 bits per heavy atom. The van der Waals surface area contributed by atoms with Crippen molar-refractivity contribution in [3.05, 3.63) is 69.4 Å².